The van der Waals surface area contributed by atoms with Crippen LogP contribution >= 0.6 is 0 Å². The van der Waals surface area contributed by atoms with E-state index in [1.807, 2.05) is 91.0 Å². The van der Waals surface area contributed by atoms with Crippen LogP contribution in [0.15, 0.2) is 96.0 Å². The molecule has 4 rings (SSSR count). The van der Waals surface area contributed by atoms with E-state index < -0.39 is 34.7 Å². The molecule has 0 spiro atoms. The molecule has 2 N–H and O–H groups in total. The van der Waals surface area contributed by atoms with Crippen LogP contribution in [0.2, 0.25) is 0 Å². The van der Waals surface area contributed by atoms with Crippen molar-refractivity contribution in [2.24, 2.45) is 21.7 Å². The van der Waals surface area contributed by atoms with Crippen LogP contribution < -0.4 is 0 Å². The Morgan fingerprint density at radius 3 is 1.94 bits per heavy atom. The Hall–Kier alpha value is -4.17. The number of carbonyl (C=O) groups is 2. The van der Waals surface area contributed by atoms with Gasteiger partial charge in [0, 0.05) is 5.56 Å². The third kappa shape index (κ3) is 4.20. The van der Waals surface area contributed by atoms with Gasteiger partial charge in [0.25, 0.3) is 0 Å². The van der Waals surface area contributed by atoms with Crippen molar-refractivity contribution >= 4 is 17.7 Å². The molecule has 0 saturated carbocycles. The van der Waals surface area contributed by atoms with Crippen LogP contribution in [-0.4, -0.2) is 33.9 Å². The molecule has 5 heteroatoms. The van der Waals surface area contributed by atoms with Crippen LogP contribution in [0.5, 0.6) is 0 Å². The molecule has 0 aliphatic carbocycles. The van der Waals surface area contributed by atoms with E-state index in [9.17, 15) is 19.8 Å². The molecule has 4 atom stereocenters. The summed E-state index contributed by atoms with van der Waals surface area (Å²) in [5, 5.41) is 21.6. The van der Waals surface area contributed by atoms with Gasteiger partial charge in [-0.25, -0.2) is 0 Å². The fourth-order valence-electron chi connectivity index (χ4n) is 5.46. The average Bonchev–Trinajstić information content (AvgIpc) is 2.89. The van der Waals surface area contributed by atoms with E-state index in [4.69, 9.17) is 4.99 Å². The third-order valence-electron chi connectivity index (χ3n) is 7.37. The first kappa shape index (κ1) is 24.9. The van der Waals surface area contributed by atoms with Gasteiger partial charge in [0.05, 0.1) is 17.7 Å². The van der Waals surface area contributed by atoms with E-state index in [1.54, 1.807) is 13.8 Å². The average molecular weight is 480 g/mol. The number of hydrogen-bond acceptors (Lipinski definition) is 3. The molecule has 1 aliphatic heterocycles. The molecular formula is C31H29NO4. The highest BCUT2D eigenvalue weighted by Crippen LogP contribution is 2.53. The van der Waals surface area contributed by atoms with Crippen molar-refractivity contribution in [1.82, 2.24) is 0 Å². The Morgan fingerprint density at radius 2 is 1.42 bits per heavy atom. The van der Waals surface area contributed by atoms with Gasteiger partial charge in [0.1, 0.15) is 10.8 Å². The number of nitrogens with zero attached hydrogens (tertiary/aromatic N) is 1. The second kappa shape index (κ2) is 10.2. The minimum atomic E-state index is -1.69. The number of hydrogen-bond donors (Lipinski definition) is 2. The number of carboxylic acid groups (broad SMARTS) is 2. The largest absolute Gasteiger partial charge is 0.481 e. The summed E-state index contributed by atoms with van der Waals surface area (Å²) in [6.07, 6.45) is 0.250. The standard InChI is InChI=1S/C31H29NO4/c1-3-30(28(33)34)22(2)32-27(25-17-11-6-12-18-25)31(29(35)36,21-24-15-9-5-10-16-24)26(30)20-19-23-13-7-4-8-14-23/h4-18,22,26H,3,21H2,1-2H3,(H,33,34)(H,35,36). The highest BCUT2D eigenvalue weighted by molar-refractivity contribution is 6.17. The lowest BCUT2D eigenvalue weighted by atomic mass is 9.52. The summed E-state index contributed by atoms with van der Waals surface area (Å²) in [4.78, 5) is 31.4. The van der Waals surface area contributed by atoms with Gasteiger partial charge in [-0.05, 0) is 43.0 Å². The molecule has 182 valence electrons. The molecule has 4 unspecified atom stereocenters. The third-order valence-corrected chi connectivity index (χ3v) is 7.37. The van der Waals surface area contributed by atoms with Crippen LogP contribution in [0, 0.1) is 28.6 Å². The Morgan fingerprint density at radius 1 is 0.861 bits per heavy atom. The van der Waals surface area contributed by atoms with E-state index in [-0.39, 0.29) is 12.8 Å². The van der Waals surface area contributed by atoms with Crippen molar-refractivity contribution < 1.29 is 19.8 Å². The van der Waals surface area contributed by atoms with Gasteiger partial charge in [-0.3, -0.25) is 14.6 Å². The summed E-state index contributed by atoms with van der Waals surface area (Å²) in [5.74, 6) is 3.04. The molecule has 0 aromatic heterocycles. The number of benzene rings is 3. The second-order valence-corrected chi connectivity index (χ2v) is 9.23. The fourth-order valence-corrected chi connectivity index (χ4v) is 5.46. The molecule has 3 aromatic carbocycles. The summed E-state index contributed by atoms with van der Waals surface area (Å²) in [5.41, 5.74) is -0.684. The van der Waals surface area contributed by atoms with E-state index >= 15 is 0 Å². The molecular weight excluding hydrogens is 450 g/mol. The van der Waals surface area contributed by atoms with Gasteiger partial charge >= 0.3 is 11.9 Å². The van der Waals surface area contributed by atoms with E-state index in [0.29, 0.717) is 16.8 Å². The molecule has 0 fully saturated rings. The summed E-state index contributed by atoms with van der Waals surface area (Å²) < 4.78 is 0. The zero-order chi connectivity index (χ0) is 25.8. The molecule has 0 amide bonds. The minimum absolute atomic E-state index is 0.0623. The highest BCUT2D eigenvalue weighted by Gasteiger charge is 2.65. The maximum absolute atomic E-state index is 13.5. The van der Waals surface area contributed by atoms with Crippen molar-refractivity contribution in [3.8, 4) is 11.8 Å². The Balaban J connectivity index is 2.08. The first-order valence-corrected chi connectivity index (χ1v) is 12.1. The van der Waals surface area contributed by atoms with E-state index in [0.717, 1.165) is 5.56 Å². The SMILES string of the molecule is CCC1(C(=O)O)C(C)N=C(c2ccccc2)C(Cc2ccccc2)(C(=O)O)C1C#Cc1ccccc1. The van der Waals surface area contributed by atoms with Gasteiger partial charge in [-0.2, -0.15) is 0 Å². The van der Waals surface area contributed by atoms with Crippen LogP contribution in [0.3, 0.4) is 0 Å². The monoisotopic (exact) mass is 479 g/mol. The van der Waals surface area contributed by atoms with Crippen LogP contribution in [0.1, 0.15) is 37.0 Å². The van der Waals surface area contributed by atoms with E-state index in [1.165, 1.54) is 0 Å². The lowest BCUT2D eigenvalue weighted by molar-refractivity contribution is -0.161. The molecule has 5 nitrogen and oxygen atoms in total. The fraction of sp³-hybridized carbons (Fsp3) is 0.258. The van der Waals surface area contributed by atoms with Crippen molar-refractivity contribution in [2.45, 2.75) is 32.7 Å². The summed E-state index contributed by atoms with van der Waals surface area (Å²) in [7, 11) is 0. The normalized spacial score (nSPS) is 25.2. The maximum atomic E-state index is 13.5. The first-order chi connectivity index (χ1) is 17.4. The summed E-state index contributed by atoms with van der Waals surface area (Å²) in [6, 6.07) is 27.0. The molecule has 36 heavy (non-hydrogen) atoms. The molecule has 1 aliphatic rings. The Labute approximate surface area is 211 Å². The zero-order valence-electron chi connectivity index (χ0n) is 20.4. The van der Waals surface area contributed by atoms with Crippen LogP contribution in [0.25, 0.3) is 0 Å². The number of rotatable bonds is 6. The quantitative estimate of drug-likeness (QED) is 0.467. The Bertz CT molecular complexity index is 1320. The lowest BCUT2D eigenvalue weighted by Crippen LogP contribution is -2.62. The number of aliphatic carboxylic acids is 2. The van der Waals surface area contributed by atoms with Gasteiger partial charge in [-0.15, -0.1) is 0 Å². The summed E-state index contributed by atoms with van der Waals surface area (Å²) >= 11 is 0. The van der Waals surface area contributed by atoms with Gasteiger partial charge in [-0.1, -0.05) is 97.6 Å². The summed E-state index contributed by atoms with van der Waals surface area (Å²) in [6.45, 7) is 3.53. The highest BCUT2D eigenvalue weighted by atomic mass is 16.4. The lowest BCUT2D eigenvalue weighted by Gasteiger charge is -2.50. The topological polar surface area (TPSA) is 87.0 Å². The molecule has 0 saturated heterocycles. The van der Waals surface area contributed by atoms with Gasteiger partial charge in [0.2, 0.25) is 0 Å². The van der Waals surface area contributed by atoms with Crippen LogP contribution in [-0.2, 0) is 16.0 Å². The molecule has 0 radical (unpaired) electrons. The van der Waals surface area contributed by atoms with Crippen molar-refractivity contribution in [2.75, 3.05) is 0 Å². The zero-order valence-corrected chi connectivity index (χ0v) is 20.4. The minimum Gasteiger partial charge on any atom is -0.481 e. The predicted molar refractivity (Wildman–Crippen MR) is 140 cm³/mol. The van der Waals surface area contributed by atoms with Crippen LogP contribution in [0.4, 0.5) is 0 Å². The predicted octanol–water partition coefficient (Wildman–Crippen LogP) is 5.34. The maximum Gasteiger partial charge on any atom is 0.317 e. The molecule has 0 bridgehead atoms. The first-order valence-electron chi connectivity index (χ1n) is 12.1. The van der Waals surface area contributed by atoms with E-state index in [2.05, 4.69) is 11.8 Å². The number of carboxylic acids is 2. The smallest absolute Gasteiger partial charge is 0.317 e. The van der Waals surface area contributed by atoms with Crippen molar-refractivity contribution in [3.63, 3.8) is 0 Å². The second-order valence-electron chi connectivity index (χ2n) is 9.23. The van der Waals surface area contributed by atoms with Gasteiger partial charge < -0.3 is 10.2 Å². The Kier molecular flexibility index (Phi) is 7.07. The van der Waals surface area contributed by atoms with Crippen molar-refractivity contribution in [1.29, 1.82) is 0 Å². The molecule has 1 heterocycles. The number of aliphatic imine (C=N–C) groups is 1. The molecule has 3 aromatic rings. The van der Waals surface area contributed by atoms with Gasteiger partial charge in [0.15, 0.2) is 0 Å². The van der Waals surface area contributed by atoms with Crippen molar-refractivity contribution in [3.05, 3.63) is 108 Å².